The van der Waals surface area contributed by atoms with Gasteiger partial charge >= 0.3 is 0 Å². The summed E-state index contributed by atoms with van der Waals surface area (Å²) in [6.07, 6.45) is 5.47. The van der Waals surface area contributed by atoms with Crippen molar-refractivity contribution in [3.8, 4) is 12.3 Å². The Hall–Kier alpha value is -2.61. The standard InChI is InChI=1S/C14H12N2O3/c1-2-3-8-15-12(17)9-16-13(18)10-6-4-5-7-11(10)14(16)19/h1,4-7H,3,8-9H2,(H,15,17). The molecule has 0 spiro atoms. The van der Waals surface area contributed by atoms with Crippen LogP contribution < -0.4 is 5.32 Å². The lowest BCUT2D eigenvalue weighted by atomic mass is 10.1. The average molecular weight is 256 g/mol. The van der Waals surface area contributed by atoms with Crippen LogP contribution in [-0.4, -0.2) is 35.7 Å². The smallest absolute Gasteiger partial charge is 0.262 e. The second-order valence-electron chi connectivity index (χ2n) is 4.05. The number of imide groups is 1. The van der Waals surface area contributed by atoms with Gasteiger partial charge in [-0.05, 0) is 12.1 Å². The molecule has 5 heteroatoms. The number of carbonyl (C=O) groups is 3. The van der Waals surface area contributed by atoms with E-state index in [-0.39, 0.29) is 6.54 Å². The van der Waals surface area contributed by atoms with Gasteiger partial charge in [-0.2, -0.15) is 0 Å². The first-order valence-electron chi connectivity index (χ1n) is 5.80. The molecule has 96 valence electrons. The molecule has 1 aromatic carbocycles. The summed E-state index contributed by atoms with van der Waals surface area (Å²) in [4.78, 5) is 36.5. The molecular formula is C14H12N2O3. The van der Waals surface area contributed by atoms with Crippen molar-refractivity contribution in [3.63, 3.8) is 0 Å². The Morgan fingerprint density at radius 1 is 1.21 bits per heavy atom. The third-order valence-electron chi connectivity index (χ3n) is 2.77. The molecule has 0 aromatic heterocycles. The first-order valence-corrected chi connectivity index (χ1v) is 5.80. The molecule has 0 saturated carbocycles. The minimum absolute atomic E-state index is 0.281. The maximum absolute atomic E-state index is 12.0. The predicted octanol–water partition coefficient (Wildman–Crippen LogP) is 0.422. The first kappa shape index (κ1) is 12.8. The Labute approximate surface area is 110 Å². The van der Waals surface area contributed by atoms with Crippen LogP contribution in [0, 0.1) is 12.3 Å². The molecule has 3 amide bonds. The zero-order chi connectivity index (χ0) is 13.8. The fourth-order valence-electron chi connectivity index (χ4n) is 1.86. The van der Waals surface area contributed by atoms with Crippen LogP contribution in [0.1, 0.15) is 27.1 Å². The van der Waals surface area contributed by atoms with Gasteiger partial charge in [0, 0.05) is 13.0 Å². The van der Waals surface area contributed by atoms with Gasteiger partial charge in [-0.1, -0.05) is 12.1 Å². The van der Waals surface area contributed by atoms with E-state index in [0.717, 1.165) is 4.90 Å². The quantitative estimate of drug-likeness (QED) is 0.482. The van der Waals surface area contributed by atoms with E-state index in [1.54, 1.807) is 24.3 Å². The number of fused-ring (bicyclic) bond motifs is 1. The van der Waals surface area contributed by atoms with Gasteiger partial charge in [0.05, 0.1) is 11.1 Å². The zero-order valence-corrected chi connectivity index (χ0v) is 10.2. The van der Waals surface area contributed by atoms with Gasteiger partial charge in [0.15, 0.2) is 0 Å². The van der Waals surface area contributed by atoms with Crippen molar-refractivity contribution in [2.24, 2.45) is 0 Å². The van der Waals surface area contributed by atoms with Crippen molar-refractivity contribution in [2.45, 2.75) is 6.42 Å². The highest BCUT2D eigenvalue weighted by molar-refractivity contribution is 6.22. The molecule has 1 aromatic rings. The Balaban J connectivity index is 2.04. The number of hydrogen-bond donors (Lipinski definition) is 1. The van der Waals surface area contributed by atoms with Gasteiger partial charge in [-0.15, -0.1) is 12.3 Å². The van der Waals surface area contributed by atoms with E-state index in [1.807, 2.05) is 0 Å². The van der Waals surface area contributed by atoms with E-state index in [0.29, 0.717) is 24.1 Å². The van der Waals surface area contributed by atoms with E-state index in [2.05, 4.69) is 11.2 Å². The predicted molar refractivity (Wildman–Crippen MR) is 68.3 cm³/mol. The van der Waals surface area contributed by atoms with Crippen LogP contribution in [0.5, 0.6) is 0 Å². The van der Waals surface area contributed by atoms with E-state index >= 15 is 0 Å². The molecule has 0 fully saturated rings. The van der Waals surface area contributed by atoms with Crippen molar-refractivity contribution in [1.29, 1.82) is 0 Å². The van der Waals surface area contributed by atoms with E-state index < -0.39 is 17.7 Å². The lowest BCUT2D eigenvalue weighted by Gasteiger charge is -2.13. The Kier molecular flexibility index (Phi) is 3.62. The molecule has 0 saturated heterocycles. The topological polar surface area (TPSA) is 66.5 Å². The summed E-state index contributed by atoms with van der Waals surface area (Å²) in [6.45, 7) is 0.0510. The molecule has 5 nitrogen and oxygen atoms in total. The van der Waals surface area contributed by atoms with Crippen LogP contribution in [0.2, 0.25) is 0 Å². The molecule has 0 aliphatic carbocycles. The monoisotopic (exact) mass is 256 g/mol. The van der Waals surface area contributed by atoms with Gasteiger partial charge in [0.1, 0.15) is 6.54 Å². The molecular weight excluding hydrogens is 244 g/mol. The highest BCUT2D eigenvalue weighted by Crippen LogP contribution is 2.21. The number of terminal acetylenes is 1. The highest BCUT2D eigenvalue weighted by atomic mass is 16.2. The van der Waals surface area contributed by atoms with Crippen molar-refractivity contribution >= 4 is 17.7 Å². The molecule has 1 aliphatic rings. The Bertz CT molecular complexity index is 552. The lowest BCUT2D eigenvalue weighted by Crippen LogP contribution is -2.40. The van der Waals surface area contributed by atoms with Crippen LogP contribution in [0.4, 0.5) is 0 Å². The highest BCUT2D eigenvalue weighted by Gasteiger charge is 2.35. The van der Waals surface area contributed by atoms with Gasteiger partial charge < -0.3 is 5.32 Å². The SMILES string of the molecule is C#CCCNC(=O)CN1C(=O)c2ccccc2C1=O. The van der Waals surface area contributed by atoms with Crippen LogP contribution in [0.25, 0.3) is 0 Å². The number of nitrogens with zero attached hydrogens (tertiary/aromatic N) is 1. The fourth-order valence-corrected chi connectivity index (χ4v) is 1.86. The molecule has 1 heterocycles. The van der Waals surface area contributed by atoms with Crippen molar-refractivity contribution in [1.82, 2.24) is 10.2 Å². The number of rotatable bonds is 4. The Morgan fingerprint density at radius 2 is 1.79 bits per heavy atom. The molecule has 1 N–H and O–H groups in total. The summed E-state index contributed by atoms with van der Waals surface area (Å²) in [7, 11) is 0. The summed E-state index contributed by atoms with van der Waals surface area (Å²) in [6, 6.07) is 6.51. The number of carbonyl (C=O) groups excluding carboxylic acids is 3. The van der Waals surface area contributed by atoms with Crippen LogP contribution in [0.3, 0.4) is 0 Å². The largest absolute Gasteiger partial charge is 0.354 e. The maximum atomic E-state index is 12.0. The van der Waals surface area contributed by atoms with Crippen LogP contribution in [-0.2, 0) is 4.79 Å². The molecule has 1 aliphatic heterocycles. The summed E-state index contributed by atoms with van der Waals surface area (Å²) >= 11 is 0. The van der Waals surface area contributed by atoms with Crippen molar-refractivity contribution in [2.75, 3.05) is 13.1 Å². The number of amides is 3. The number of nitrogens with one attached hydrogen (secondary N) is 1. The first-order chi connectivity index (χ1) is 9.15. The summed E-state index contributed by atoms with van der Waals surface area (Å²) in [5, 5.41) is 2.55. The molecule has 0 atom stereocenters. The summed E-state index contributed by atoms with van der Waals surface area (Å²) in [5.74, 6) is 1.11. The second kappa shape index (κ2) is 5.36. The summed E-state index contributed by atoms with van der Waals surface area (Å²) < 4.78 is 0. The normalized spacial score (nSPS) is 13.1. The number of benzene rings is 1. The minimum Gasteiger partial charge on any atom is -0.354 e. The molecule has 0 radical (unpaired) electrons. The minimum atomic E-state index is -0.437. The Morgan fingerprint density at radius 3 is 2.32 bits per heavy atom. The average Bonchev–Trinajstić information content (AvgIpc) is 2.65. The van der Waals surface area contributed by atoms with Crippen molar-refractivity contribution < 1.29 is 14.4 Å². The van der Waals surface area contributed by atoms with Crippen LogP contribution in [0.15, 0.2) is 24.3 Å². The molecule has 0 unspecified atom stereocenters. The van der Waals surface area contributed by atoms with Crippen LogP contribution >= 0.6 is 0 Å². The van der Waals surface area contributed by atoms with Gasteiger partial charge in [-0.3, -0.25) is 19.3 Å². The summed E-state index contributed by atoms with van der Waals surface area (Å²) in [5.41, 5.74) is 0.674. The van der Waals surface area contributed by atoms with E-state index in [1.165, 1.54) is 0 Å². The van der Waals surface area contributed by atoms with Gasteiger partial charge in [-0.25, -0.2) is 0 Å². The third-order valence-corrected chi connectivity index (χ3v) is 2.77. The molecule has 0 bridgehead atoms. The van der Waals surface area contributed by atoms with E-state index in [9.17, 15) is 14.4 Å². The van der Waals surface area contributed by atoms with E-state index in [4.69, 9.17) is 6.42 Å². The lowest BCUT2D eigenvalue weighted by molar-refractivity contribution is -0.121. The second-order valence-corrected chi connectivity index (χ2v) is 4.05. The zero-order valence-electron chi connectivity index (χ0n) is 10.2. The van der Waals surface area contributed by atoms with Crippen molar-refractivity contribution in [3.05, 3.63) is 35.4 Å². The fraction of sp³-hybridized carbons (Fsp3) is 0.214. The third kappa shape index (κ3) is 2.47. The molecule has 19 heavy (non-hydrogen) atoms. The number of hydrogen-bond acceptors (Lipinski definition) is 3. The van der Waals surface area contributed by atoms with Gasteiger partial charge in [0.25, 0.3) is 11.8 Å². The molecule has 2 rings (SSSR count). The maximum Gasteiger partial charge on any atom is 0.262 e. The van der Waals surface area contributed by atoms with Gasteiger partial charge in [0.2, 0.25) is 5.91 Å².